The van der Waals surface area contributed by atoms with Crippen LogP contribution in [0.4, 0.5) is 5.82 Å². The van der Waals surface area contributed by atoms with E-state index in [-0.39, 0.29) is 0 Å². The molecule has 0 amide bonds. The number of pyridine rings is 1. The first-order chi connectivity index (χ1) is 8.26. The highest BCUT2D eigenvalue weighted by Gasteiger charge is 2.00. The van der Waals surface area contributed by atoms with Crippen molar-refractivity contribution in [3.63, 3.8) is 0 Å². The molecule has 0 atom stereocenters. The third-order valence-corrected chi connectivity index (χ3v) is 2.31. The van der Waals surface area contributed by atoms with E-state index in [0.29, 0.717) is 29.7 Å². The predicted molar refractivity (Wildman–Crippen MR) is 68.2 cm³/mol. The molecule has 1 heterocycles. The molecule has 0 unspecified atom stereocenters. The number of anilines is 1. The zero-order valence-corrected chi connectivity index (χ0v) is 10.6. The summed E-state index contributed by atoms with van der Waals surface area (Å²) in [5.41, 5.74) is 0.499. The first-order valence-corrected chi connectivity index (χ1v) is 6.03. The van der Waals surface area contributed by atoms with E-state index < -0.39 is 0 Å². The number of unbranched alkanes of at least 4 members (excludes halogenated alkanes) is 1. The number of nitrogens with zero attached hydrogens (tertiary/aromatic N) is 2. The Morgan fingerprint density at radius 2 is 2.29 bits per heavy atom. The molecule has 1 aromatic rings. The number of hydrogen-bond donors (Lipinski definition) is 1. The summed E-state index contributed by atoms with van der Waals surface area (Å²) >= 11 is 5.78. The molecule has 0 fully saturated rings. The molecular weight excluding hydrogens is 238 g/mol. The number of ether oxygens (including phenoxy) is 1. The van der Waals surface area contributed by atoms with Crippen molar-refractivity contribution in [2.45, 2.75) is 19.8 Å². The minimum Gasteiger partial charge on any atom is -0.380 e. The van der Waals surface area contributed by atoms with Crippen LogP contribution < -0.4 is 5.32 Å². The summed E-state index contributed by atoms with van der Waals surface area (Å²) in [7, 11) is 0. The highest BCUT2D eigenvalue weighted by molar-refractivity contribution is 6.29. The molecule has 1 N–H and O–H groups in total. The fraction of sp³-hybridized carbons (Fsp3) is 0.500. The van der Waals surface area contributed by atoms with Crippen LogP contribution in [0.5, 0.6) is 0 Å². The van der Waals surface area contributed by atoms with Gasteiger partial charge in [0, 0.05) is 13.2 Å². The average Bonchev–Trinajstić information content (AvgIpc) is 2.33. The molecule has 1 aromatic heterocycles. The minimum atomic E-state index is 0.318. The fourth-order valence-electron chi connectivity index (χ4n) is 1.25. The van der Waals surface area contributed by atoms with Crippen LogP contribution in [0.3, 0.4) is 0 Å². The average molecular weight is 254 g/mol. The third kappa shape index (κ3) is 5.53. The summed E-state index contributed by atoms with van der Waals surface area (Å²) in [4.78, 5) is 4.06. The molecular formula is C12H16ClN3O. The van der Waals surface area contributed by atoms with Crippen molar-refractivity contribution in [3.05, 3.63) is 22.8 Å². The lowest BCUT2D eigenvalue weighted by molar-refractivity contribution is 0.141. The second kappa shape index (κ2) is 7.88. The summed E-state index contributed by atoms with van der Waals surface area (Å²) in [6, 6.07) is 5.23. The van der Waals surface area contributed by atoms with Crippen molar-refractivity contribution < 1.29 is 4.74 Å². The Hall–Kier alpha value is -1.31. The van der Waals surface area contributed by atoms with Gasteiger partial charge in [-0.2, -0.15) is 5.26 Å². The Morgan fingerprint density at radius 1 is 1.47 bits per heavy atom. The highest BCUT2D eigenvalue weighted by Crippen LogP contribution is 2.13. The van der Waals surface area contributed by atoms with Crippen LogP contribution >= 0.6 is 11.6 Å². The topological polar surface area (TPSA) is 57.9 Å². The normalized spacial score (nSPS) is 9.94. The van der Waals surface area contributed by atoms with Gasteiger partial charge < -0.3 is 10.1 Å². The lowest BCUT2D eigenvalue weighted by Gasteiger charge is -2.07. The van der Waals surface area contributed by atoms with Crippen LogP contribution in [0.15, 0.2) is 12.1 Å². The lowest BCUT2D eigenvalue weighted by atomic mass is 10.3. The van der Waals surface area contributed by atoms with Crippen molar-refractivity contribution in [1.29, 1.82) is 5.26 Å². The van der Waals surface area contributed by atoms with Gasteiger partial charge in [-0.15, -0.1) is 0 Å². The highest BCUT2D eigenvalue weighted by atomic mass is 35.5. The Balaban J connectivity index is 2.32. The van der Waals surface area contributed by atoms with Gasteiger partial charge in [0.1, 0.15) is 11.0 Å². The fourth-order valence-corrected chi connectivity index (χ4v) is 1.46. The first kappa shape index (κ1) is 13.8. The first-order valence-electron chi connectivity index (χ1n) is 5.65. The van der Waals surface area contributed by atoms with Gasteiger partial charge in [-0.05, 0) is 18.6 Å². The van der Waals surface area contributed by atoms with E-state index in [0.717, 1.165) is 19.4 Å². The Kier molecular flexibility index (Phi) is 6.38. The molecule has 0 aromatic carbocycles. The molecule has 4 nitrogen and oxygen atoms in total. The SMILES string of the molecule is CCCCOCCNc1cc(C#N)cc(Cl)n1. The molecule has 0 bridgehead atoms. The number of halogens is 1. The summed E-state index contributed by atoms with van der Waals surface area (Å²) in [6.07, 6.45) is 2.21. The predicted octanol–water partition coefficient (Wildman–Crippen LogP) is 2.84. The zero-order valence-electron chi connectivity index (χ0n) is 9.87. The van der Waals surface area contributed by atoms with Gasteiger partial charge in [0.2, 0.25) is 0 Å². The van der Waals surface area contributed by atoms with Crippen molar-refractivity contribution >= 4 is 17.4 Å². The number of rotatable bonds is 7. The van der Waals surface area contributed by atoms with E-state index in [9.17, 15) is 0 Å². The van der Waals surface area contributed by atoms with Crippen molar-refractivity contribution in [2.24, 2.45) is 0 Å². The second-order valence-electron chi connectivity index (χ2n) is 3.57. The summed E-state index contributed by atoms with van der Waals surface area (Å²) < 4.78 is 5.39. The third-order valence-electron chi connectivity index (χ3n) is 2.12. The van der Waals surface area contributed by atoms with Crippen LogP contribution in [-0.2, 0) is 4.74 Å². The van der Waals surface area contributed by atoms with E-state index in [1.807, 2.05) is 6.07 Å². The van der Waals surface area contributed by atoms with Gasteiger partial charge in [-0.1, -0.05) is 24.9 Å². The van der Waals surface area contributed by atoms with E-state index in [1.165, 1.54) is 6.07 Å². The van der Waals surface area contributed by atoms with Crippen LogP contribution in [0.1, 0.15) is 25.3 Å². The molecule has 0 aliphatic rings. The molecule has 0 aliphatic carbocycles. The van der Waals surface area contributed by atoms with E-state index in [2.05, 4.69) is 17.2 Å². The Bertz CT molecular complexity index is 390. The van der Waals surface area contributed by atoms with E-state index in [4.69, 9.17) is 21.6 Å². The maximum atomic E-state index is 8.77. The van der Waals surface area contributed by atoms with Gasteiger partial charge in [0.15, 0.2) is 0 Å². The van der Waals surface area contributed by atoms with Gasteiger partial charge in [-0.25, -0.2) is 4.98 Å². The summed E-state index contributed by atoms with van der Waals surface area (Å²) in [6.45, 7) is 4.18. The molecule has 92 valence electrons. The molecule has 0 saturated heterocycles. The Morgan fingerprint density at radius 3 is 3.00 bits per heavy atom. The molecule has 17 heavy (non-hydrogen) atoms. The molecule has 5 heteroatoms. The quantitative estimate of drug-likeness (QED) is 0.600. The smallest absolute Gasteiger partial charge is 0.132 e. The standard InChI is InChI=1S/C12H16ClN3O/c1-2-3-5-17-6-4-15-12-8-10(9-14)7-11(13)16-12/h7-8H,2-6H2,1H3,(H,15,16). The monoisotopic (exact) mass is 253 g/mol. The van der Waals surface area contributed by atoms with Gasteiger partial charge in [-0.3, -0.25) is 0 Å². The Labute approximate surface area is 107 Å². The van der Waals surface area contributed by atoms with E-state index >= 15 is 0 Å². The maximum Gasteiger partial charge on any atom is 0.132 e. The van der Waals surface area contributed by atoms with Gasteiger partial charge in [0.05, 0.1) is 18.2 Å². The summed E-state index contributed by atoms with van der Waals surface area (Å²) in [5.74, 6) is 0.605. The van der Waals surface area contributed by atoms with Crippen LogP contribution in [0.25, 0.3) is 0 Å². The molecule has 0 saturated carbocycles. The molecule has 0 radical (unpaired) electrons. The largest absolute Gasteiger partial charge is 0.380 e. The second-order valence-corrected chi connectivity index (χ2v) is 3.96. The lowest BCUT2D eigenvalue weighted by Crippen LogP contribution is -2.11. The van der Waals surface area contributed by atoms with Crippen LogP contribution in [-0.4, -0.2) is 24.7 Å². The van der Waals surface area contributed by atoms with Gasteiger partial charge in [0.25, 0.3) is 0 Å². The molecule has 0 aliphatic heterocycles. The van der Waals surface area contributed by atoms with Gasteiger partial charge >= 0.3 is 0 Å². The van der Waals surface area contributed by atoms with Crippen LogP contribution in [0, 0.1) is 11.3 Å². The van der Waals surface area contributed by atoms with Crippen molar-refractivity contribution in [3.8, 4) is 6.07 Å². The maximum absolute atomic E-state index is 8.77. The number of nitriles is 1. The number of nitrogens with one attached hydrogen (secondary N) is 1. The zero-order chi connectivity index (χ0) is 12.5. The van der Waals surface area contributed by atoms with Crippen molar-refractivity contribution in [1.82, 2.24) is 4.98 Å². The van der Waals surface area contributed by atoms with E-state index in [1.54, 1.807) is 6.07 Å². The number of hydrogen-bond acceptors (Lipinski definition) is 4. The molecule has 0 spiro atoms. The minimum absolute atomic E-state index is 0.318. The van der Waals surface area contributed by atoms with Crippen LogP contribution in [0.2, 0.25) is 5.15 Å². The number of aromatic nitrogens is 1. The summed E-state index contributed by atoms with van der Waals surface area (Å²) in [5, 5.41) is 12.1. The van der Waals surface area contributed by atoms with Crippen molar-refractivity contribution in [2.75, 3.05) is 25.1 Å². The molecule has 1 rings (SSSR count).